The van der Waals surface area contributed by atoms with Crippen molar-refractivity contribution in [3.8, 4) is 0 Å². The van der Waals surface area contributed by atoms with Crippen molar-refractivity contribution in [3.05, 3.63) is 30.6 Å². The minimum Gasteiger partial charge on any atom is -0.511 e. The smallest absolute Gasteiger partial charge is 0.243 e. The lowest BCUT2D eigenvalue weighted by Crippen LogP contribution is -2.31. The molecule has 0 amide bonds. The second-order valence-corrected chi connectivity index (χ2v) is 6.38. The van der Waals surface area contributed by atoms with Gasteiger partial charge in [0.2, 0.25) is 6.33 Å². The van der Waals surface area contributed by atoms with Crippen LogP contribution in [-0.4, -0.2) is 21.8 Å². The van der Waals surface area contributed by atoms with Gasteiger partial charge in [0.25, 0.3) is 0 Å². The van der Waals surface area contributed by atoms with Gasteiger partial charge in [-0.25, -0.2) is 9.13 Å². The molecule has 5 heteroatoms. The van der Waals surface area contributed by atoms with E-state index in [0.717, 1.165) is 38.8 Å². The molecule has 0 saturated heterocycles. The van der Waals surface area contributed by atoms with E-state index in [2.05, 4.69) is 42.1 Å². The van der Waals surface area contributed by atoms with E-state index in [1.807, 2.05) is 0 Å². The Morgan fingerprint density at radius 2 is 1.95 bits per heavy atom. The summed E-state index contributed by atoms with van der Waals surface area (Å²) < 4.78 is 4.54. The molecule has 1 rings (SSSR count). The highest BCUT2D eigenvalue weighted by Crippen LogP contribution is 2.07. The van der Waals surface area contributed by atoms with Gasteiger partial charge >= 0.3 is 0 Å². The monoisotopic (exact) mass is 309 g/mol. The van der Waals surface area contributed by atoms with Crippen molar-refractivity contribution in [1.29, 1.82) is 0 Å². The first-order valence-electron chi connectivity index (χ1n) is 8.35. The number of rotatable bonds is 11. The van der Waals surface area contributed by atoms with Crippen LogP contribution in [-0.2, 0) is 13.1 Å². The highest BCUT2D eigenvalue weighted by Gasteiger charge is 2.10. The van der Waals surface area contributed by atoms with Crippen molar-refractivity contribution in [3.63, 3.8) is 0 Å². The number of imidazole rings is 1. The number of aromatic nitrogens is 2. The average molecular weight is 309 g/mol. The number of aliphatic hydroxyl groups is 1. The molecule has 2 unspecified atom stereocenters. The number of hydrogen-bond acceptors (Lipinski definition) is 3. The molecule has 5 N–H and O–H groups in total. The van der Waals surface area contributed by atoms with Crippen LogP contribution in [0.1, 0.15) is 51.1 Å². The Morgan fingerprint density at radius 3 is 2.59 bits per heavy atom. The van der Waals surface area contributed by atoms with Crippen LogP contribution in [0.25, 0.3) is 0 Å². The second-order valence-electron chi connectivity index (χ2n) is 6.38. The molecule has 0 aliphatic carbocycles. The summed E-state index contributed by atoms with van der Waals surface area (Å²) >= 11 is 0. The van der Waals surface area contributed by atoms with Crippen LogP contribution >= 0.6 is 0 Å². The van der Waals surface area contributed by atoms with Crippen LogP contribution in [0, 0.1) is 6.92 Å². The minimum atomic E-state index is -0.291. The topological polar surface area (TPSA) is 81.1 Å². The molecule has 2 atom stereocenters. The predicted molar refractivity (Wildman–Crippen MR) is 90.5 cm³/mol. The molecule has 0 saturated carbocycles. The largest absolute Gasteiger partial charge is 0.511 e. The van der Waals surface area contributed by atoms with E-state index in [-0.39, 0.29) is 11.8 Å². The van der Waals surface area contributed by atoms with E-state index in [1.54, 1.807) is 0 Å². The van der Waals surface area contributed by atoms with E-state index < -0.39 is 0 Å². The molecule has 1 aromatic rings. The fourth-order valence-electron chi connectivity index (χ4n) is 2.55. The maximum absolute atomic E-state index is 9.19. The Kier molecular flexibility index (Phi) is 8.20. The molecule has 1 heterocycles. The molecule has 0 spiro atoms. The van der Waals surface area contributed by atoms with Gasteiger partial charge in [-0.1, -0.05) is 6.58 Å². The van der Waals surface area contributed by atoms with Crippen LogP contribution in [0.2, 0.25) is 0 Å². The predicted octanol–water partition coefficient (Wildman–Crippen LogP) is 2.17. The number of aryl methyl sites for hydroxylation is 3. The van der Waals surface area contributed by atoms with Gasteiger partial charge in [0, 0.05) is 13.0 Å². The summed E-state index contributed by atoms with van der Waals surface area (Å²) in [6.45, 7) is 9.71. The van der Waals surface area contributed by atoms with Crippen molar-refractivity contribution in [2.24, 2.45) is 11.5 Å². The summed E-state index contributed by atoms with van der Waals surface area (Å²) in [7, 11) is 0. The normalized spacial score (nSPS) is 14.0. The van der Waals surface area contributed by atoms with Crippen molar-refractivity contribution < 1.29 is 9.67 Å². The third-order valence-electron chi connectivity index (χ3n) is 4.01. The van der Waals surface area contributed by atoms with Gasteiger partial charge in [-0.15, -0.1) is 0 Å². The Balaban J connectivity index is 2.28. The first-order valence-corrected chi connectivity index (χ1v) is 8.35. The van der Waals surface area contributed by atoms with Gasteiger partial charge in [-0.2, -0.15) is 0 Å². The van der Waals surface area contributed by atoms with E-state index in [0.29, 0.717) is 6.04 Å². The summed E-state index contributed by atoms with van der Waals surface area (Å²) in [6, 6.07) is 0.0124. The SMILES string of the molecule is C=C(O)C(N)CCCCn1c[n+](CCCCC(C)N)cc1C. The number of nitrogens with zero attached hydrogens (tertiary/aromatic N) is 2. The summed E-state index contributed by atoms with van der Waals surface area (Å²) in [5.74, 6) is 0.0850. The lowest BCUT2D eigenvalue weighted by molar-refractivity contribution is -0.697. The summed E-state index contributed by atoms with van der Waals surface area (Å²) in [4.78, 5) is 0. The average Bonchev–Trinajstić information content (AvgIpc) is 2.79. The Bertz CT molecular complexity index is 454. The fourth-order valence-corrected chi connectivity index (χ4v) is 2.55. The van der Waals surface area contributed by atoms with Crippen molar-refractivity contribution >= 4 is 0 Å². The quantitative estimate of drug-likeness (QED) is 0.333. The third-order valence-corrected chi connectivity index (χ3v) is 4.01. The highest BCUT2D eigenvalue weighted by molar-refractivity contribution is 4.92. The molecule has 22 heavy (non-hydrogen) atoms. The molecule has 0 aliphatic heterocycles. The zero-order valence-corrected chi connectivity index (χ0v) is 14.2. The molecule has 5 nitrogen and oxygen atoms in total. The first-order chi connectivity index (χ1) is 10.4. The lowest BCUT2D eigenvalue weighted by Gasteiger charge is -2.08. The van der Waals surface area contributed by atoms with Gasteiger partial charge in [-0.3, -0.25) is 0 Å². The molecule has 0 fully saturated rings. The van der Waals surface area contributed by atoms with E-state index in [1.165, 1.54) is 18.5 Å². The van der Waals surface area contributed by atoms with Gasteiger partial charge in [0.15, 0.2) is 0 Å². The lowest BCUT2D eigenvalue weighted by atomic mass is 10.1. The van der Waals surface area contributed by atoms with Crippen LogP contribution < -0.4 is 16.0 Å². The number of nitrogens with two attached hydrogens (primary N) is 2. The molecule has 126 valence electrons. The van der Waals surface area contributed by atoms with Gasteiger partial charge in [0.1, 0.15) is 17.6 Å². The third kappa shape index (κ3) is 7.09. The standard InChI is InChI=1S/C17H32N4O/c1-14(18)8-4-6-10-20-12-15(2)21(13-20)11-7-5-9-17(19)16(3)22/h12-14,17H,3-11,18-19H2,1-2H3/p+1. The Labute approximate surface area is 134 Å². The summed E-state index contributed by atoms with van der Waals surface area (Å²) in [5, 5.41) is 9.19. The van der Waals surface area contributed by atoms with Gasteiger partial charge < -0.3 is 16.6 Å². The minimum absolute atomic E-state index is 0.0850. The summed E-state index contributed by atoms with van der Waals surface area (Å²) in [5.41, 5.74) is 12.8. The van der Waals surface area contributed by atoms with Crippen LogP contribution in [0.4, 0.5) is 0 Å². The van der Waals surface area contributed by atoms with Crippen molar-refractivity contribution in [2.45, 2.75) is 77.5 Å². The van der Waals surface area contributed by atoms with Crippen LogP contribution in [0.3, 0.4) is 0 Å². The van der Waals surface area contributed by atoms with Crippen molar-refractivity contribution in [1.82, 2.24) is 4.57 Å². The number of hydrogen-bond donors (Lipinski definition) is 3. The van der Waals surface area contributed by atoms with Crippen molar-refractivity contribution in [2.75, 3.05) is 0 Å². The molecular weight excluding hydrogens is 276 g/mol. The van der Waals surface area contributed by atoms with E-state index >= 15 is 0 Å². The fraction of sp³-hybridized carbons (Fsp3) is 0.706. The molecule has 0 bridgehead atoms. The second kappa shape index (κ2) is 9.64. The first kappa shape index (κ1) is 18.7. The number of unbranched alkanes of at least 4 members (excludes halogenated alkanes) is 2. The Morgan fingerprint density at radius 1 is 1.27 bits per heavy atom. The summed E-state index contributed by atoms with van der Waals surface area (Å²) in [6.07, 6.45) is 10.7. The molecular formula is C17H33N4O+. The zero-order valence-electron chi connectivity index (χ0n) is 14.2. The molecule has 0 aliphatic rings. The van der Waals surface area contributed by atoms with Crippen LogP contribution in [0.5, 0.6) is 0 Å². The maximum Gasteiger partial charge on any atom is 0.243 e. The van der Waals surface area contributed by atoms with Crippen LogP contribution in [0.15, 0.2) is 24.9 Å². The molecule has 0 aromatic carbocycles. The zero-order chi connectivity index (χ0) is 16.5. The highest BCUT2D eigenvalue weighted by atomic mass is 16.3. The number of aliphatic hydroxyl groups excluding tert-OH is 1. The van der Waals surface area contributed by atoms with Gasteiger partial charge in [-0.05, 0) is 45.4 Å². The Hall–Kier alpha value is -1.33. The molecule has 1 aromatic heterocycles. The van der Waals surface area contributed by atoms with E-state index in [9.17, 15) is 5.11 Å². The molecule has 0 radical (unpaired) electrons. The maximum atomic E-state index is 9.19. The van der Waals surface area contributed by atoms with E-state index in [4.69, 9.17) is 11.5 Å². The van der Waals surface area contributed by atoms with Gasteiger partial charge in [0.05, 0.1) is 19.1 Å².